The summed E-state index contributed by atoms with van der Waals surface area (Å²) in [5, 5.41) is 12.3. The van der Waals surface area contributed by atoms with E-state index >= 15 is 0 Å². The molecule has 0 spiro atoms. The van der Waals surface area contributed by atoms with Crippen molar-refractivity contribution in [3.05, 3.63) is 46.8 Å². The molecule has 0 bridgehead atoms. The molecule has 0 amide bonds. The Morgan fingerprint density at radius 1 is 1.20 bits per heavy atom. The molecule has 2 rings (SSSR count). The maximum absolute atomic E-state index is 8.74. The second kappa shape index (κ2) is 5.92. The van der Waals surface area contributed by atoms with Gasteiger partial charge in [-0.2, -0.15) is 0 Å². The molecule has 1 aromatic carbocycles. The van der Waals surface area contributed by atoms with Gasteiger partial charge in [-0.25, -0.2) is 9.97 Å². The van der Waals surface area contributed by atoms with E-state index < -0.39 is 0 Å². The van der Waals surface area contributed by atoms with Crippen molar-refractivity contribution < 1.29 is 5.21 Å². The van der Waals surface area contributed by atoms with E-state index in [-0.39, 0.29) is 5.84 Å². The molecule has 104 valence electrons. The quantitative estimate of drug-likeness (QED) is 0.298. The second-order valence-corrected chi connectivity index (χ2v) is 5.54. The number of aromatic nitrogens is 2. The first-order chi connectivity index (χ1) is 9.49. The molecule has 0 aliphatic heterocycles. The molecular formula is C14H16N4OS. The van der Waals surface area contributed by atoms with Crippen LogP contribution in [0.25, 0.3) is 0 Å². The zero-order valence-electron chi connectivity index (χ0n) is 11.6. The number of oxime groups is 1. The lowest BCUT2D eigenvalue weighted by Gasteiger charge is -2.07. The maximum atomic E-state index is 8.74. The van der Waals surface area contributed by atoms with Crippen LogP contribution in [0, 0.1) is 20.8 Å². The van der Waals surface area contributed by atoms with Gasteiger partial charge in [0, 0.05) is 10.6 Å². The Kier molecular flexibility index (Phi) is 4.24. The van der Waals surface area contributed by atoms with Crippen LogP contribution in [0.1, 0.15) is 22.5 Å². The molecule has 0 aliphatic carbocycles. The van der Waals surface area contributed by atoms with E-state index in [1.165, 1.54) is 17.3 Å². The van der Waals surface area contributed by atoms with E-state index in [2.05, 4.69) is 33.3 Å². The van der Waals surface area contributed by atoms with E-state index in [9.17, 15) is 0 Å². The molecular weight excluding hydrogens is 272 g/mol. The first-order valence-corrected chi connectivity index (χ1v) is 6.90. The van der Waals surface area contributed by atoms with Crippen LogP contribution in [0.4, 0.5) is 0 Å². The van der Waals surface area contributed by atoms with Crippen LogP contribution in [-0.4, -0.2) is 21.0 Å². The lowest BCUT2D eigenvalue weighted by molar-refractivity contribution is 0.318. The fourth-order valence-corrected chi connectivity index (χ4v) is 2.69. The van der Waals surface area contributed by atoms with Gasteiger partial charge in [-0.1, -0.05) is 17.3 Å². The summed E-state index contributed by atoms with van der Waals surface area (Å²) in [6.45, 7) is 5.94. The van der Waals surface area contributed by atoms with E-state index in [0.29, 0.717) is 10.9 Å². The van der Waals surface area contributed by atoms with Crippen molar-refractivity contribution in [2.75, 3.05) is 0 Å². The highest BCUT2D eigenvalue weighted by atomic mass is 32.2. The predicted molar refractivity (Wildman–Crippen MR) is 79.3 cm³/mol. The number of hydrogen-bond donors (Lipinski definition) is 2. The molecule has 0 fully saturated rings. The van der Waals surface area contributed by atoms with E-state index in [1.807, 2.05) is 20.8 Å². The highest BCUT2D eigenvalue weighted by molar-refractivity contribution is 7.99. The number of hydrogen-bond acceptors (Lipinski definition) is 5. The van der Waals surface area contributed by atoms with Crippen molar-refractivity contribution in [3.63, 3.8) is 0 Å². The van der Waals surface area contributed by atoms with Crippen LogP contribution in [0.3, 0.4) is 0 Å². The summed E-state index contributed by atoms with van der Waals surface area (Å²) < 4.78 is 0. The summed E-state index contributed by atoms with van der Waals surface area (Å²) in [5.74, 6) is -0.0154. The fourth-order valence-electron chi connectivity index (χ4n) is 1.69. The number of rotatable bonds is 3. The lowest BCUT2D eigenvalue weighted by Crippen LogP contribution is -2.16. The highest BCUT2D eigenvalue weighted by Gasteiger charge is 2.09. The minimum absolute atomic E-state index is 0.0154. The first-order valence-electron chi connectivity index (χ1n) is 6.08. The predicted octanol–water partition coefficient (Wildman–Crippen LogP) is 2.65. The SMILES string of the molecule is Cc1ccc(C)c(Sc2nc(C)cc(/C(N)=N/O)n2)c1. The van der Waals surface area contributed by atoms with E-state index in [0.717, 1.165) is 16.2 Å². The van der Waals surface area contributed by atoms with Crippen molar-refractivity contribution in [3.8, 4) is 0 Å². The van der Waals surface area contributed by atoms with Gasteiger partial charge in [-0.05, 0) is 55.8 Å². The third kappa shape index (κ3) is 3.27. The molecule has 1 heterocycles. The van der Waals surface area contributed by atoms with Gasteiger partial charge in [0.05, 0.1) is 0 Å². The van der Waals surface area contributed by atoms with Gasteiger partial charge in [-0.15, -0.1) is 0 Å². The van der Waals surface area contributed by atoms with Crippen molar-refractivity contribution in [2.24, 2.45) is 10.9 Å². The highest BCUT2D eigenvalue weighted by Crippen LogP contribution is 2.28. The zero-order chi connectivity index (χ0) is 14.7. The van der Waals surface area contributed by atoms with Gasteiger partial charge in [0.25, 0.3) is 0 Å². The van der Waals surface area contributed by atoms with Crippen LogP contribution < -0.4 is 5.73 Å². The van der Waals surface area contributed by atoms with Crippen LogP contribution in [-0.2, 0) is 0 Å². The average molecular weight is 288 g/mol. The largest absolute Gasteiger partial charge is 0.409 e. The number of amidine groups is 1. The maximum Gasteiger partial charge on any atom is 0.193 e. The molecule has 6 heteroatoms. The van der Waals surface area contributed by atoms with E-state index in [1.54, 1.807) is 6.07 Å². The third-order valence-electron chi connectivity index (χ3n) is 2.75. The average Bonchev–Trinajstić information content (AvgIpc) is 2.41. The van der Waals surface area contributed by atoms with Gasteiger partial charge < -0.3 is 10.9 Å². The molecule has 0 radical (unpaired) electrons. The summed E-state index contributed by atoms with van der Waals surface area (Å²) >= 11 is 1.47. The van der Waals surface area contributed by atoms with Crippen molar-refractivity contribution >= 4 is 17.6 Å². The van der Waals surface area contributed by atoms with Gasteiger partial charge >= 0.3 is 0 Å². The fraction of sp³-hybridized carbons (Fsp3) is 0.214. The molecule has 0 saturated heterocycles. The molecule has 0 aliphatic rings. The molecule has 0 atom stereocenters. The van der Waals surface area contributed by atoms with Gasteiger partial charge in [-0.3, -0.25) is 0 Å². The summed E-state index contributed by atoms with van der Waals surface area (Å²) in [7, 11) is 0. The van der Waals surface area contributed by atoms with Gasteiger partial charge in [0.15, 0.2) is 11.0 Å². The van der Waals surface area contributed by atoms with Crippen LogP contribution in [0.5, 0.6) is 0 Å². The Balaban J connectivity index is 2.38. The summed E-state index contributed by atoms with van der Waals surface area (Å²) in [4.78, 5) is 9.78. The third-order valence-corrected chi connectivity index (χ3v) is 3.77. The van der Waals surface area contributed by atoms with Crippen LogP contribution in [0.2, 0.25) is 0 Å². The van der Waals surface area contributed by atoms with Crippen molar-refractivity contribution in [1.29, 1.82) is 0 Å². The van der Waals surface area contributed by atoms with Crippen LogP contribution >= 0.6 is 11.8 Å². The summed E-state index contributed by atoms with van der Waals surface area (Å²) in [6, 6.07) is 7.91. The molecule has 3 N–H and O–H groups in total. The molecule has 1 aromatic heterocycles. The summed E-state index contributed by atoms with van der Waals surface area (Å²) in [6.07, 6.45) is 0. The molecule has 0 unspecified atom stereocenters. The Morgan fingerprint density at radius 3 is 2.65 bits per heavy atom. The minimum atomic E-state index is -0.0154. The Labute approximate surface area is 121 Å². The number of nitrogens with two attached hydrogens (primary N) is 1. The Morgan fingerprint density at radius 2 is 1.95 bits per heavy atom. The molecule has 20 heavy (non-hydrogen) atoms. The van der Waals surface area contributed by atoms with Crippen LogP contribution in [0.15, 0.2) is 39.5 Å². The van der Waals surface area contributed by atoms with Crippen molar-refractivity contribution in [1.82, 2.24) is 9.97 Å². The standard InChI is InChI=1S/C14H16N4OS/c1-8-4-5-9(2)12(6-8)20-14-16-10(3)7-11(17-14)13(15)18-19/h4-7,19H,1-3H3,(H2,15,18). The molecule has 5 nitrogen and oxygen atoms in total. The number of aryl methyl sites for hydroxylation is 3. The number of benzene rings is 1. The van der Waals surface area contributed by atoms with Gasteiger partial charge in [0.2, 0.25) is 0 Å². The first kappa shape index (κ1) is 14.3. The monoisotopic (exact) mass is 288 g/mol. The minimum Gasteiger partial charge on any atom is -0.409 e. The van der Waals surface area contributed by atoms with Crippen molar-refractivity contribution in [2.45, 2.75) is 30.8 Å². The second-order valence-electron chi connectivity index (χ2n) is 4.53. The number of nitrogens with zero attached hydrogens (tertiary/aromatic N) is 3. The summed E-state index contributed by atoms with van der Waals surface area (Å²) in [5.41, 5.74) is 9.12. The Hall–Kier alpha value is -2.08. The van der Waals surface area contributed by atoms with E-state index in [4.69, 9.17) is 10.9 Å². The molecule has 0 saturated carbocycles. The lowest BCUT2D eigenvalue weighted by atomic mass is 10.2. The Bertz CT molecular complexity index is 670. The zero-order valence-corrected chi connectivity index (χ0v) is 12.4. The normalized spacial score (nSPS) is 11.7. The smallest absolute Gasteiger partial charge is 0.193 e. The molecule has 2 aromatic rings. The van der Waals surface area contributed by atoms with Gasteiger partial charge in [0.1, 0.15) is 5.69 Å². The topological polar surface area (TPSA) is 84.4 Å².